The summed E-state index contributed by atoms with van der Waals surface area (Å²) in [6.07, 6.45) is 2.96. The summed E-state index contributed by atoms with van der Waals surface area (Å²) in [4.78, 5) is 37.9. The molecule has 1 aliphatic carbocycles. The quantitative estimate of drug-likeness (QED) is 0.763. The summed E-state index contributed by atoms with van der Waals surface area (Å²) < 4.78 is 4.88. The van der Waals surface area contributed by atoms with Gasteiger partial charge in [-0.15, -0.1) is 0 Å². The zero-order valence-corrected chi connectivity index (χ0v) is 14.8. The van der Waals surface area contributed by atoms with E-state index in [0.29, 0.717) is 13.1 Å². The standard InChI is InChI=1S/C17H29N3O4/c1-4-24-17(23)19-14(11(2)3)16(22)20-9-7-13(8-10-20)18-15(21)12-5-6-12/h11-14H,4-10H2,1-3H3,(H,18,21)(H,19,23). The third-order valence-electron chi connectivity index (χ3n) is 4.58. The van der Waals surface area contributed by atoms with Crippen LogP contribution in [0.5, 0.6) is 0 Å². The second-order valence-corrected chi connectivity index (χ2v) is 6.97. The molecule has 1 atom stereocenters. The van der Waals surface area contributed by atoms with E-state index in [1.54, 1.807) is 11.8 Å². The zero-order chi connectivity index (χ0) is 17.7. The van der Waals surface area contributed by atoms with Crippen molar-refractivity contribution in [3.8, 4) is 0 Å². The Bertz CT molecular complexity index is 468. The molecule has 7 heteroatoms. The largest absolute Gasteiger partial charge is 0.450 e. The molecule has 0 aromatic carbocycles. The highest BCUT2D eigenvalue weighted by Crippen LogP contribution is 2.29. The van der Waals surface area contributed by atoms with Crippen LogP contribution in [0.15, 0.2) is 0 Å². The normalized spacial score (nSPS) is 19.8. The van der Waals surface area contributed by atoms with Crippen LogP contribution >= 0.6 is 0 Å². The number of carbonyl (C=O) groups excluding carboxylic acids is 3. The lowest BCUT2D eigenvalue weighted by atomic mass is 9.99. The highest BCUT2D eigenvalue weighted by molar-refractivity contribution is 5.86. The van der Waals surface area contributed by atoms with Crippen LogP contribution in [0.3, 0.4) is 0 Å². The van der Waals surface area contributed by atoms with Gasteiger partial charge in [0.25, 0.3) is 0 Å². The Morgan fingerprint density at radius 3 is 2.25 bits per heavy atom. The number of carbonyl (C=O) groups is 3. The lowest BCUT2D eigenvalue weighted by Crippen LogP contribution is -2.54. The van der Waals surface area contributed by atoms with Crippen LogP contribution < -0.4 is 10.6 Å². The Morgan fingerprint density at radius 1 is 1.12 bits per heavy atom. The summed E-state index contributed by atoms with van der Waals surface area (Å²) in [7, 11) is 0. The summed E-state index contributed by atoms with van der Waals surface area (Å²) in [6.45, 7) is 7.00. The third kappa shape index (κ3) is 5.11. The molecule has 0 radical (unpaired) electrons. The minimum Gasteiger partial charge on any atom is -0.450 e. The molecule has 2 fully saturated rings. The maximum absolute atomic E-state index is 12.7. The van der Waals surface area contributed by atoms with Crippen molar-refractivity contribution in [1.29, 1.82) is 0 Å². The highest BCUT2D eigenvalue weighted by Gasteiger charge is 2.34. The second-order valence-electron chi connectivity index (χ2n) is 6.97. The van der Waals surface area contributed by atoms with Gasteiger partial charge in [-0.3, -0.25) is 9.59 Å². The van der Waals surface area contributed by atoms with Gasteiger partial charge in [-0.25, -0.2) is 4.79 Å². The van der Waals surface area contributed by atoms with Crippen molar-refractivity contribution in [2.24, 2.45) is 11.8 Å². The van der Waals surface area contributed by atoms with Crippen molar-refractivity contribution in [2.75, 3.05) is 19.7 Å². The van der Waals surface area contributed by atoms with Gasteiger partial charge in [-0.2, -0.15) is 0 Å². The number of alkyl carbamates (subject to hydrolysis) is 1. The third-order valence-corrected chi connectivity index (χ3v) is 4.58. The SMILES string of the molecule is CCOC(=O)NC(C(=O)N1CCC(NC(=O)C2CC2)CC1)C(C)C. The van der Waals surface area contributed by atoms with E-state index in [9.17, 15) is 14.4 Å². The second kappa shape index (κ2) is 8.35. The van der Waals surface area contributed by atoms with Crippen molar-refractivity contribution in [3.05, 3.63) is 0 Å². The molecule has 2 rings (SSSR count). The first-order chi connectivity index (χ1) is 11.4. The van der Waals surface area contributed by atoms with Crippen molar-refractivity contribution < 1.29 is 19.1 Å². The fourth-order valence-corrected chi connectivity index (χ4v) is 2.92. The van der Waals surface area contributed by atoms with Crippen LogP contribution in [-0.2, 0) is 14.3 Å². The molecular formula is C17H29N3O4. The number of rotatable bonds is 6. The highest BCUT2D eigenvalue weighted by atomic mass is 16.5. The van der Waals surface area contributed by atoms with E-state index in [0.717, 1.165) is 25.7 Å². The van der Waals surface area contributed by atoms with Crippen LogP contribution in [0.2, 0.25) is 0 Å². The van der Waals surface area contributed by atoms with Gasteiger partial charge in [0.1, 0.15) is 6.04 Å². The first-order valence-electron chi connectivity index (χ1n) is 8.94. The van der Waals surface area contributed by atoms with Crippen molar-refractivity contribution in [2.45, 2.75) is 58.5 Å². The number of hydrogen-bond donors (Lipinski definition) is 2. The first kappa shape index (κ1) is 18.5. The summed E-state index contributed by atoms with van der Waals surface area (Å²) >= 11 is 0. The lowest BCUT2D eigenvalue weighted by molar-refractivity contribution is -0.135. The van der Waals surface area contributed by atoms with Gasteiger partial charge in [0.05, 0.1) is 6.61 Å². The molecule has 24 heavy (non-hydrogen) atoms. The number of nitrogens with zero attached hydrogens (tertiary/aromatic N) is 1. The fraction of sp³-hybridized carbons (Fsp3) is 0.824. The van der Waals surface area contributed by atoms with E-state index in [1.807, 2.05) is 13.8 Å². The summed E-state index contributed by atoms with van der Waals surface area (Å²) in [5, 5.41) is 5.73. The van der Waals surface area contributed by atoms with E-state index in [1.165, 1.54) is 0 Å². The van der Waals surface area contributed by atoms with Gasteiger partial charge in [0, 0.05) is 25.0 Å². The monoisotopic (exact) mass is 339 g/mol. The van der Waals surface area contributed by atoms with Crippen LogP contribution in [0.1, 0.15) is 46.5 Å². The van der Waals surface area contributed by atoms with E-state index in [4.69, 9.17) is 4.74 Å². The molecule has 1 saturated heterocycles. The van der Waals surface area contributed by atoms with E-state index in [2.05, 4.69) is 10.6 Å². The van der Waals surface area contributed by atoms with Crippen LogP contribution in [-0.4, -0.2) is 54.6 Å². The molecule has 0 aromatic heterocycles. The molecule has 1 heterocycles. The summed E-state index contributed by atoms with van der Waals surface area (Å²) in [6, 6.07) is -0.431. The number of piperidine rings is 1. The van der Waals surface area contributed by atoms with Gasteiger partial charge in [-0.1, -0.05) is 13.8 Å². The number of likely N-dealkylation sites (tertiary alicyclic amines) is 1. The van der Waals surface area contributed by atoms with Gasteiger partial charge in [-0.05, 0) is 38.5 Å². The Hall–Kier alpha value is -1.79. The van der Waals surface area contributed by atoms with Crippen molar-refractivity contribution in [3.63, 3.8) is 0 Å². The van der Waals surface area contributed by atoms with E-state index >= 15 is 0 Å². The van der Waals surface area contributed by atoms with Crippen molar-refractivity contribution in [1.82, 2.24) is 15.5 Å². The zero-order valence-electron chi connectivity index (χ0n) is 14.8. The van der Waals surface area contributed by atoms with Crippen molar-refractivity contribution >= 4 is 17.9 Å². The first-order valence-corrected chi connectivity index (χ1v) is 8.94. The van der Waals surface area contributed by atoms with Gasteiger partial charge < -0.3 is 20.3 Å². The van der Waals surface area contributed by atoms with E-state index < -0.39 is 12.1 Å². The summed E-state index contributed by atoms with van der Waals surface area (Å²) in [5.74, 6) is 0.270. The predicted octanol–water partition coefficient (Wildman–Crippen LogP) is 1.27. The molecule has 136 valence electrons. The Balaban J connectivity index is 1.82. The average Bonchev–Trinajstić information content (AvgIpc) is 3.37. The topological polar surface area (TPSA) is 87.7 Å². The molecule has 0 aromatic rings. The minimum absolute atomic E-state index is 0.0193. The van der Waals surface area contributed by atoms with Crippen LogP contribution in [0, 0.1) is 11.8 Å². The van der Waals surface area contributed by atoms with Crippen LogP contribution in [0.4, 0.5) is 4.79 Å². The Morgan fingerprint density at radius 2 is 1.75 bits per heavy atom. The molecule has 0 bridgehead atoms. The minimum atomic E-state index is -0.582. The maximum atomic E-state index is 12.7. The number of amides is 3. The molecule has 1 unspecified atom stereocenters. The maximum Gasteiger partial charge on any atom is 0.407 e. The number of ether oxygens (including phenoxy) is 1. The molecule has 0 spiro atoms. The smallest absolute Gasteiger partial charge is 0.407 e. The predicted molar refractivity (Wildman–Crippen MR) is 89.3 cm³/mol. The van der Waals surface area contributed by atoms with Gasteiger partial charge in [0.15, 0.2) is 0 Å². The Labute approximate surface area is 143 Å². The van der Waals surface area contributed by atoms with Gasteiger partial charge in [0.2, 0.25) is 11.8 Å². The Kier molecular flexibility index (Phi) is 6.45. The lowest BCUT2D eigenvalue weighted by Gasteiger charge is -2.35. The fourth-order valence-electron chi connectivity index (χ4n) is 2.92. The molecule has 1 saturated carbocycles. The molecule has 1 aliphatic heterocycles. The summed E-state index contributed by atoms with van der Waals surface area (Å²) in [5.41, 5.74) is 0. The molecule has 3 amide bonds. The number of nitrogens with one attached hydrogen (secondary N) is 2. The average molecular weight is 339 g/mol. The van der Waals surface area contributed by atoms with Crippen LogP contribution in [0.25, 0.3) is 0 Å². The molecule has 2 aliphatic rings. The molecular weight excluding hydrogens is 310 g/mol. The molecule has 2 N–H and O–H groups in total. The van der Waals surface area contributed by atoms with Gasteiger partial charge >= 0.3 is 6.09 Å². The van der Waals surface area contributed by atoms with E-state index in [-0.39, 0.29) is 36.3 Å². The number of hydrogen-bond acceptors (Lipinski definition) is 4. The molecule has 7 nitrogen and oxygen atoms in total.